The van der Waals surface area contributed by atoms with E-state index in [2.05, 4.69) is 5.32 Å². The molecule has 1 atom stereocenters. The molecule has 0 aromatic heterocycles. The predicted molar refractivity (Wildman–Crippen MR) is 108 cm³/mol. The molecule has 28 heavy (non-hydrogen) atoms. The monoisotopic (exact) mass is 403 g/mol. The summed E-state index contributed by atoms with van der Waals surface area (Å²) in [6, 6.07) is 13.7. The minimum absolute atomic E-state index is 0.139. The van der Waals surface area contributed by atoms with Gasteiger partial charge in [0.15, 0.2) is 0 Å². The van der Waals surface area contributed by atoms with Crippen LogP contribution in [0.1, 0.15) is 12.5 Å². The molecule has 2 aromatic carbocycles. The predicted octanol–water partition coefficient (Wildman–Crippen LogP) is 2.16. The van der Waals surface area contributed by atoms with Gasteiger partial charge in [0.1, 0.15) is 12.4 Å². The smallest absolute Gasteiger partial charge is 0.242 e. The molecule has 0 saturated carbocycles. The fourth-order valence-corrected chi connectivity index (χ4v) is 3.98. The maximum absolute atomic E-state index is 12.8. The van der Waals surface area contributed by atoms with Crippen LogP contribution in [0.15, 0.2) is 53.4 Å². The quantitative estimate of drug-likeness (QED) is 0.828. The van der Waals surface area contributed by atoms with Gasteiger partial charge < -0.3 is 10.1 Å². The van der Waals surface area contributed by atoms with Crippen molar-refractivity contribution < 1.29 is 17.9 Å². The number of rotatable bonds is 5. The lowest BCUT2D eigenvalue weighted by Gasteiger charge is -2.26. The molecule has 0 fully saturated rings. The third kappa shape index (κ3) is 4.35. The van der Waals surface area contributed by atoms with Crippen LogP contribution in [0.3, 0.4) is 0 Å². The molecule has 1 amide bonds. The Hall–Kier alpha value is -2.42. The zero-order chi connectivity index (χ0) is 20.3. The number of ether oxygens (including phenoxy) is 1. The first-order valence-corrected chi connectivity index (χ1v) is 10.5. The number of carbonyl (C=O) groups excluding carboxylic acids is 1. The molecule has 3 rings (SSSR count). The van der Waals surface area contributed by atoms with Crippen LogP contribution >= 0.6 is 0 Å². The molecule has 0 saturated heterocycles. The average molecular weight is 404 g/mol. The molecule has 0 spiro atoms. The Kier molecular flexibility index (Phi) is 6.02. The van der Waals surface area contributed by atoms with Crippen molar-refractivity contribution in [2.45, 2.75) is 24.4 Å². The normalized spacial score (nSPS) is 16.0. The summed E-state index contributed by atoms with van der Waals surface area (Å²) in [6.07, 6.45) is 0. The van der Waals surface area contributed by atoms with Crippen molar-refractivity contribution in [1.29, 1.82) is 0 Å². The number of amides is 1. The number of nitrogens with one attached hydrogen (secondary N) is 1. The second kappa shape index (κ2) is 8.30. The van der Waals surface area contributed by atoms with Crippen LogP contribution in [-0.2, 0) is 21.4 Å². The maximum Gasteiger partial charge on any atom is 0.242 e. The summed E-state index contributed by atoms with van der Waals surface area (Å²) >= 11 is 0. The van der Waals surface area contributed by atoms with E-state index in [0.29, 0.717) is 25.4 Å². The lowest BCUT2D eigenvalue weighted by atomic mass is 10.1. The number of anilines is 1. The summed E-state index contributed by atoms with van der Waals surface area (Å²) in [5, 5.41) is 2.83. The molecule has 0 aliphatic carbocycles. The minimum atomic E-state index is -3.56. The van der Waals surface area contributed by atoms with E-state index in [4.69, 9.17) is 4.74 Å². The van der Waals surface area contributed by atoms with Crippen molar-refractivity contribution in [1.82, 2.24) is 9.21 Å². The van der Waals surface area contributed by atoms with Crippen LogP contribution in [-0.4, -0.2) is 56.8 Å². The van der Waals surface area contributed by atoms with Crippen LogP contribution < -0.4 is 10.1 Å². The van der Waals surface area contributed by atoms with Gasteiger partial charge >= 0.3 is 0 Å². The summed E-state index contributed by atoms with van der Waals surface area (Å²) in [6.45, 7) is 3.58. The van der Waals surface area contributed by atoms with Gasteiger partial charge in [-0.25, -0.2) is 12.7 Å². The van der Waals surface area contributed by atoms with E-state index in [1.54, 1.807) is 12.1 Å². The Balaban J connectivity index is 1.73. The number of nitrogens with zero attached hydrogens (tertiary/aromatic N) is 2. The van der Waals surface area contributed by atoms with Crippen LogP contribution in [0, 0.1) is 0 Å². The zero-order valence-corrected chi connectivity index (χ0v) is 17.1. The molecular weight excluding hydrogens is 378 g/mol. The molecule has 8 heteroatoms. The van der Waals surface area contributed by atoms with Gasteiger partial charge in [0.25, 0.3) is 0 Å². The first-order chi connectivity index (χ1) is 13.3. The van der Waals surface area contributed by atoms with Crippen molar-refractivity contribution in [3.63, 3.8) is 0 Å². The topological polar surface area (TPSA) is 79.0 Å². The Labute approximate surface area is 166 Å². The summed E-state index contributed by atoms with van der Waals surface area (Å²) in [7, 11) is -0.611. The lowest BCUT2D eigenvalue weighted by Crippen LogP contribution is -2.42. The number of fused-ring (bicyclic) bond motifs is 1. The standard InChI is InChI=1S/C20H25N3O4S/c1-15(23-11-12-27-19-10-5-4-7-16(19)14-23)20(24)21-17-8-6-9-18(13-17)28(25,26)22(2)3/h4-10,13,15H,11-12,14H2,1-3H3,(H,21,24). The van der Waals surface area contributed by atoms with E-state index in [1.165, 1.54) is 26.2 Å². The van der Waals surface area contributed by atoms with Gasteiger partial charge in [0, 0.05) is 38.4 Å². The van der Waals surface area contributed by atoms with Gasteiger partial charge in [-0.05, 0) is 31.2 Å². The molecule has 1 unspecified atom stereocenters. The molecule has 1 N–H and O–H groups in total. The summed E-state index contributed by atoms with van der Waals surface area (Å²) in [5.41, 5.74) is 1.49. The van der Waals surface area contributed by atoms with Crippen molar-refractivity contribution in [2.75, 3.05) is 32.6 Å². The highest BCUT2D eigenvalue weighted by Gasteiger charge is 2.25. The maximum atomic E-state index is 12.8. The lowest BCUT2D eigenvalue weighted by molar-refractivity contribution is -0.121. The molecule has 150 valence electrons. The zero-order valence-electron chi connectivity index (χ0n) is 16.3. The molecule has 1 aliphatic rings. The highest BCUT2D eigenvalue weighted by atomic mass is 32.2. The summed E-state index contributed by atoms with van der Waals surface area (Å²) in [5.74, 6) is 0.651. The molecule has 0 radical (unpaired) electrons. The number of hydrogen-bond donors (Lipinski definition) is 1. The van der Waals surface area contributed by atoms with Crippen molar-refractivity contribution in [3.05, 3.63) is 54.1 Å². The fraction of sp³-hybridized carbons (Fsp3) is 0.350. The van der Waals surface area contributed by atoms with E-state index >= 15 is 0 Å². The van der Waals surface area contributed by atoms with Crippen LogP contribution in [0.5, 0.6) is 5.75 Å². The molecule has 1 heterocycles. The highest BCUT2D eigenvalue weighted by molar-refractivity contribution is 7.89. The second-order valence-corrected chi connectivity index (χ2v) is 9.06. The number of benzene rings is 2. The second-order valence-electron chi connectivity index (χ2n) is 6.91. The van der Waals surface area contributed by atoms with E-state index < -0.39 is 16.1 Å². The van der Waals surface area contributed by atoms with Crippen molar-refractivity contribution in [2.24, 2.45) is 0 Å². The van der Waals surface area contributed by atoms with Gasteiger partial charge in [-0.15, -0.1) is 0 Å². The van der Waals surface area contributed by atoms with E-state index in [-0.39, 0.29) is 10.8 Å². The highest BCUT2D eigenvalue weighted by Crippen LogP contribution is 2.24. The third-order valence-electron chi connectivity index (χ3n) is 4.79. The van der Waals surface area contributed by atoms with Crippen molar-refractivity contribution in [3.8, 4) is 5.75 Å². The van der Waals surface area contributed by atoms with Gasteiger partial charge in [-0.1, -0.05) is 24.3 Å². The largest absolute Gasteiger partial charge is 0.492 e. The Morgan fingerprint density at radius 1 is 1.18 bits per heavy atom. The third-order valence-corrected chi connectivity index (χ3v) is 6.60. The first kappa shape index (κ1) is 20.3. The van der Waals surface area contributed by atoms with E-state index in [0.717, 1.165) is 15.6 Å². The summed E-state index contributed by atoms with van der Waals surface area (Å²) in [4.78, 5) is 15.0. The number of para-hydroxylation sites is 1. The molecule has 7 nitrogen and oxygen atoms in total. The van der Waals surface area contributed by atoms with Gasteiger partial charge in [-0.2, -0.15) is 0 Å². The number of sulfonamides is 1. The summed E-state index contributed by atoms with van der Waals surface area (Å²) < 4.78 is 31.5. The molecule has 0 bridgehead atoms. The Morgan fingerprint density at radius 3 is 2.68 bits per heavy atom. The van der Waals surface area contributed by atoms with Crippen LogP contribution in [0.2, 0.25) is 0 Å². The SMILES string of the molecule is CC(C(=O)Nc1cccc(S(=O)(=O)N(C)C)c1)N1CCOc2ccccc2C1. The molecule has 2 aromatic rings. The molecule has 1 aliphatic heterocycles. The van der Waals surface area contributed by atoms with Gasteiger partial charge in [0.2, 0.25) is 15.9 Å². The number of carbonyl (C=O) groups is 1. The Bertz CT molecular complexity index is 959. The van der Waals surface area contributed by atoms with E-state index in [1.807, 2.05) is 36.1 Å². The average Bonchev–Trinajstić information content (AvgIpc) is 2.89. The van der Waals surface area contributed by atoms with Gasteiger partial charge in [0.05, 0.1) is 10.9 Å². The van der Waals surface area contributed by atoms with Crippen molar-refractivity contribution >= 4 is 21.6 Å². The fourth-order valence-electron chi connectivity index (χ4n) is 3.03. The van der Waals surface area contributed by atoms with Gasteiger partial charge in [-0.3, -0.25) is 9.69 Å². The Morgan fingerprint density at radius 2 is 1.93 bits per heavy atom. The number of hydrogen-bond acceptors (Lipinski definition) is 5. The van der Waals surface area contributed by atoms with E-state index in [9.17, 15) is 13.2 Å². The van der Waals surface area contributed by atoms with Crippen LogP contribution in [0.4, 0.5) is 5.69 Å². The minimum Gasteiger partial charge on any atom is -0.492 e. The first-order valence-electron chi connectivity index (χ1n) is 9.07. The molecular formula is C20H25N3O4S. The van der Waals surface area contributed by atoms with Crippen LogP contribution in [0.25, 0.3) is 0 Å².